The Morgan fingerprint density at radius 3 is 1.67 bits per heavy atom. The lowest BCUT2D eigenvalue weighted by molar-refractivity contribution is 0.386. The third kappa shape index (κ3) is 9.15. The summed E-state index contributed by atoms with van der Waals surface area (Å²) < 4.78 is 24.7. The molecule has 0 unspecified atom stereocenters. The monoisotopic (exact) mass is 699 g/mol. The van der Waals surface area contributed by atoms with Crippen molar-refractivity contribution in [3.8, 4) is 22.8 Å². The maximum Gasteiger partial charge on any atom is 0.448 e. The van der Waals surface area contributed by atoms with Crippen LogP contribution in [-0.2, 0) is 0 Å². The van der Waals surface area contributed by atoms with Crippen LogP contribution >= 0.6 is 23.9 Å². The van der Waals surface area contributed by atoms with Crippen LogP contribution in [0.3, 0.4) is 0 Å². The fourth-order valence-electron chi connectivity index (χ4n) is 4.57. The average molecular weight is 700 g/mol. The summed E-state index contributed by atoms with van der Waals surface area (Å²) in [6.07, 6.45) is 0. The van der Waals surface area contributed by atoms with E-state index in [0.717, 1.165) is 0 Å². The van der Waals surface area contributed by atoms with Crippen LogP contribution < -0.4 is 30.8 Å². The first-order chi connectivity index (χ1) is 22.2. The quantitative estimate of drug-likeness (QED) is 0.134. The molecule has 0 atom stereocenters. The molecule has 0 fully saturated rings. The molecule has 1 heterocycles. The molecule has 0 radical (unpaired) electrons. The number of ether oxygens (including phenoxy) is 2. The predicted octanol–water partition coefficient (Wildman–Crippen LogP) is 6.65. The van der Waals surface area contributed by atoms with Crippen LogP contribution in [0.4, 0.5) is 4.39 Å². The molecule has 10 heteroatoms. The van der Waals surface area contributed by atoms with Crippen LogP contribution in [-0.4, -0.2) is 36.4 Å². The van der Waals surface area contributed by atoms with Crippen molar-refractivity contribution in [3.63, 3.8) is 0 Å². The van der Waals surface area contributed by atoms with Gasteiger partial charge in [0.15, 0.2) is 17.0 Å². The van der Waals surface area contributed by atoms with Gasteiger partial charge in [0.25, 0.3) is 0 Å². The van der Waals surface area contributed by atoms with Crippen LogP contribution in [0.2, 0.25) is 6.82 Å². The number of pyridine rings is 1. The fourth-order valence-corrected chi connectivity index (χ4v) is 7.41. The van der Waals surface area contributed by atoms with Crippen molar-refractivity contribution in [2.45, 2.75) is 6.82 Å². The van der Waals surface area contributed by atoms with E-state index in [-0.39, 0.29) is 11.2 Å². The highest BCUT2D eigenvalue weighted by Gasteiger charge is 2.15. The predicted molar refractivity (Wildman–Crippen MR) is 192 cm³/mol. The number of H-pyrrole nitrogens is 1. The van der Waals surface area contributed by atoms with E-state index in [0.29, 0.717) is 32.4 Å². The van der Waals surface area contributed by atoms with Gasteiger partial charge < -0.3 is 24.5 Å². The molecule has 3 N–H and O–H groups in total. The second-order valence-corrected chi connectivity index (χ2v) is 13.0. The zero-order valence-electron chi connectivity index (χ0n) is 25.5. The largest absolute Gasteiger partial charge is 0.497 e. The summed E-state index contributed by atoms with van der Waals surface area (Å²) >= 11 is 3.42. The third-order valence-corrected chi connectivity index (χ3v) is 9.68. The summed E-state index contributed by atoms with van der Waals surface area (Å²) in [4.78, 5) is 15.5. The number of nitrogens with one attached hydrogen (secondary N) is 1. The van der Waals surface area contributed by atoms with E-state index in [2.05, 4.69) is 112 Å². The van der Waals surface area contributed by atoms with Crippen LogP contribution in [0.25, 0.3) is 22.2 Å². The number of aromatic nitrogens is 1. The third-order valence-electron chi connectivity index (χ3n) is 6.61. The molecule has 0 aliphatic rings. The Hall–Kier alpha value is -4.27. The van der Waals surface area contributed by atoms with E-state index in [4.69, 9.17) is 19.5 Å². The second kappa shape index (κ2) is 16.9. The summed E-state index contributed by atoms with van der Waals surface area (Å²) in [5, 5.41) is 19.9. The first kappa shape index (κ1) is 34.6. The first-order valence-electron chi connectivity index (χ1n) is 14.3. The lowest BCUT2D eigenvalue weighted by atomic mass is 9.99. The van der Waals surface area contributed by atoms with E-state index in [9.17, 15) is 9.18 Å². The standard InChI is InChI=1S/C18H15P.C17H13BrFNO3.CH5BO2/c1-4-10-16(11-5-1)19(17-12-6-2-7-13-17)18-14-8-3-9-15-18;1-22-10-6-11-15(21)8-14(20-17(11)12(18)7-10)9-3-4-16(23-2)13(19)5-9;1-2(3)4/h1-15H;3-8H,1-2H3,(H,20,21);3-4H,1H3. The van der Waals surface area contributed by atoms with Gasteiger partial charge in [0.1, 0.15) is 5.75 Å². The minimum atomic E-state index is -1.17. The van der Waals surface area contributed by atoms with Gasteiger partial charge in [0, 0.05) is 21.8 Å². The highest BCUT2D eigenvalue weighted by molar-refractivity contribution is 9.10. The molecule has 0 spiro atoms. The maximum absolute atomic E-state index is 13.9. The van der Waals surface area contributed by atoms with E-state index in [1.54, 1.807) is 18.2 Å². The molecule has 234 valence electrons. The molecule has 0 aliphatic heterocycles. The van der Waals surface area contributed by atoms with E-state index in [1.165, 1.54) is 55.2 Å². The molecule has 1 aromatic heterocycles. The van der Waals surface area contributed by atoms with E-state index < -0.39 is 20.9 Å². The Labute approximate surface area is 277 Å². The molecule has 6 nitrogen and oxygen atoms in total. The number of aromatic amines is 1. The van der Waals surface area contributed by atoms with Crippen LogP contribution in [0, 0.1) is 5.82 Å². The highest BCUT2D eigenvalue weighted by Crippen LogP contribution is 2.32. The minimum Gasteiger partial charge on any atom is -0.497 e. The van der Waals surface area contributed by atoms with Gasteiger partial charge in [0.2, 0.25) is 0 Å². The molecule has 6 aromatic rings. The number of benzene rings is 5. The Kier molecular flexibility index (Phi) is 12.7. The molecular formula is C36H33BBrFNO5P. The van der Waals surface area contributed by atoms with E-state index >= 15 is 0 Å². The van der Waals surface area contributed by atoms with Crippen LogP contribution in [0.1, 0.15) is 0 Å². The van der Waals surface area contributed by atoms with E-state index in [1.807, 2.05) is 0 Å². The second-order valence-electron chi connectivity index (χ2n) is 9.90. The van der Waals surface area contributed by atoms with Gasteiger partial charge >= 0.3 is 7.12 Å². The summed E-state index contributed by atoms with van der Waals surface area (Å²) in [6, 6.07) is 41.7. The molecule has 46 heavy (non-hydrogen) atoms. The molecule has 0 amide bonds. The van der Waals surface area contributed by atoms with Crippen molar-refractivity contribution in [1.29, 1.82) is 0 Å². The molecule has 5 aromatic carbocycles. The van der Waals surface area contributed by atoms with Crippen molar-refractivity contribution >= 4 is 57.8 Å². The van der Waals surface area contributed by atoms with Crippen molar-refractivity contribution in [1.82, 2.24) is 4.98 Å². The maximum atomic E-state index is 13.9. The normalized spacial score (nSPS) is 10.3. The van der Waals surface area contributed by atoms with Crippen molar-refractivity contribution < 1.29 is 23.9 Å². The summed E-state index contributed by atoms with van der Waals surface area (Å²) in [5.41, 5.74) is 1.54. The Balaban J connectivity index is 0.000000190. The smallest absolute Gasteiger partial charge is 0.448 e. The zero-order chi connectivity index (χ0) is 33.1. The fraction of sp³-hybridized carbons (Fsp3) is 0.0833. The number of halogens is 2. The zero-order valence-corrected chi connectivity index (χ0v) is 28.0. The average Bonchev–Trinajstić information content (AvgIpc) is 3.06. The summed E-state index contributed by atoms with van der Waals surface area (Å²) in [7, 11) is 1.33. The van der Waals surface area contributed by atoms with Gasteiger partial charge in [-0.25, -0.2) is 4.39 Å². The number of fused-ring (bicyclic) bond motifs is 1. The van der Waals surface area contributed by atoms with Gasteiger partial charge in [-0.2, -0.15) is 0 Å². The van der Waals surface area contributed by atoms with Crippen molar-refractivity contribution in [2.24, 2.45) is 0 Å². The number of rotatable bonds is 6. The highest BCUT2D eigenvalue weighted by atomic mass is 79.9. The van der Waals surface area contributed by atoms with Gasteiger partial charge in [-0.3, -0.25) is 4.79 Å². The molecule has 0 aliphatic carbocycles. The number of hydrogen-bond acceptors (Lipinski definition) is 5. The molecule has 0 bridgehead atoms. The molecule has 0 saturated carbocycles. The first-order valence-corrected chi connectivity index (χ1v) is 16.4. The lowest BCUT2D eigenvalue weighted by Gasteiger charge is -2.18. The minimum absolute atomic E-state index is 0.155. The van der Waals surface area contributed by atoms with Gasteiger partial charge in [-0.15, -0.1) is 0 Å². The summed E-state index contributed by atoms with van der Waals surface area (Å²) in [5.74, 6) is 0.251. The molecule has 0 saturated heterocycles. The van der Waals surface area contributed by atoms with Gasteiger partial charge in [-0.05, 0) is 76.9 Å². The summed E-state index contributed by atoms with van der Waals surface area (Å²) in [6.45, 7) is 1.28. The molecule has 6 rings (SSSR count). The Morgan fingerprint density at radius 2 is 1.24 bits per heavy atom. The van der Waals surface area contributed by atoms with Crippen molar-refractivity contribution in [2.75, 3.05) is 14.2 Å². The Bertz CT molecular complexity index is 1820. The Morgan fingerprint density at radius 1 is 0.739 bits per heavy atom. The topological polar surface area (TPSA) is 91.8 Å². The van der Waals surface area contributed by atoms with Crippen molar-refractivity contribution in [3.05, 3.63) is 148 Å². The van der Waals surface area contributed by atoms with Crippen LogP contribution in [0.5, 0.6) is 11.5 Å². The van der Waals surface area contributed by atoms with Gasteiger partial charge in [0.05, 0.1) is 25.1 Å². The lowest BCUT2D eigenvalue weighted by Crippen LogP contribution is -2.20. The number of hydrogen-bond donors (Lipinski definition) is 3. The van der Waals surface area contributed by atoms with Crippen LogP contribution in [0.15, 0.2) is 137 Å². The SMILES string of the molecule is CB(O)O.COc1cc(Br)c2[nH]c(-c3ccc(OC)c(F)c3)cc(=O)c2c1.c1ccc(P(c2ccccc2)c2ccccc2)cc1. The molecular weight excluding hydrogens is 667 g/mol. The van der Waals surface area contributed by atoms with Gasteiger partial charge in [-0.1, -0.05) is 91.0 Å². The number of methoxy groups -OCH3 is 2.